The second-order valence-corrected chi connectivity index (χ2v) is 8.77. The number of nitrogens with one attached hydrogen (secondary N) is 1. The number of sulfonamides is 1. The number of rotatable bonds is 6. The second kappa shape index (κ2) is 7.23. The smallest absolute Gasteiger partial charge is 0.211 e. The molecule has 132 valence electrons. The molecule has 0 amide bonds. The van der Waals surface area contributed by atoms with Crippen molar-refractivity contribution in [3.8, 4) is 5.75 Å². The molecule has 3 rings (SSSR count). The molecule has 2 atom stereocenters. The molecular weight excluding hydrogens is 326 g/mol. The highest BCUT2D eigenvalue weighted by atomic mass is 32.2. The molecule has 0 unspecified atom stereocenters. The van der Waals surface area contributed by atoms with Gasteiger partial charge in [0.2, 0.25) is 10.0 Å². The maximum Gasteiger partial charge on any atom is 0.211 e. The number of fused-ring (bicyclic) bond motifs is 1. The molecule has 1 aromatic rings. The Morgan fingerprint density at radius 1 is 1.21 bits per heavy atom. The fourth-order valence-corrected chi connectivity index (χ4v) is 4.54. The van der Waals surface area contributed by atoms with Crippen LogP contribution in [0.25, 0.3) is 0 Å². The van der Waals surface area contributed by atoms with Crippen LogP contribution in [0.5, 0.6) is 5.75 Å². The lowest BCUT2D eigenvalue weighted by molar-refractivity contribution is 0.0994. The van der Waals surface area contributed by atoms with Gasteiger partial charge in [-0.2, -0.15) is 0 Å². The number of carbonyl (C=O) groups excluding carboxylic acids is 1. The zero-order valence-electron chi connectivity index (χ0n) is 14.1. The molecule has 0 aliphatic heterocycles. The average molecular weight is 351 g/mol. The van der Waals surface area contributed by atoms with Crippen molar-refractivity contribution >= 4 is 15.8 Å². The zero-order chi connectivity index (χ0) is 17.2. The quantitative estimate of drug-likeness (QED) is 0.855. The lowest BCUT2D eigenvalue weighted by Gasteiger charge is -2.31. The first-order valence-electron chi connectivity index (χ1n) is 8.77. The Bertz CT molecular complexity index is 714. The third kappa shape index (κ3) is 3.98. The zero-order valence-corrected chi connectivity index (χ0v) is 14.9. The van der Waals surface area contributed by atoms with E-state index in [1.807, 2.05) is 18.2 Å². The van der Waals surface area contributed by atoms with Crippen LogP contribution >= 0.6 is 0 Å². The monoisotopic (exact) mass is 351 g/mol. The number of ether oxygens (including phenoxy) is 1. The minimum Gasteiger partial charge on any atom is -0.493 e. The number of benzene rings is 1. The molecule has 1 saturated carbocycles. The average Bonchev–Trinajstić information content (AvgIpc) is 2.94. The molecule has 2 aliphatic rings. The van der Waals surface area contributed by atoms with Crippen molar-refractivity contribution in [2.45, 2.75) is 51.5 Å². The number of Topliss-reactive ketones (excluding diaryl/α,β-unsaturated/α-hetero) is 1. The van der Waals surface area contributed by atoms with Gasteiger partial charge in [-0.05, 0) is 49.9 Å². The lowest BCUT2D eigenvalue weighted by atomic mass is 9.86. The molecule has 5 nitrogen and oxygen atoms in total. The van der Waals surface area contributed by atoms with E-state index in [-0.39, 0.29) is 23.5 Å². The highest BCUT2D eigenvalue weighted by Crippen LogP contribution is 2.29. The Morgan fingerprint density at radius 2 is 2.00 bits per heavy atom. The Labute approximate surface area is 143 Å². The summed E-state index contributed by atoms with van der Waals surface area (Å²) in [5, 5.41) is 0. The van der Waals surface area contributed by atoms with Crippen LogP contribution in [-0.2, 0) is 16.4 Å². The van der Waals surface area contributed by atoms with E-state index in [4.69, 9.17) is 4.74 Å². The minimum absolute atomic E-state index is 0.0419. The number of hydrogen-bond donors (Lipinski definition) is 1. The number of aryl methyl sites for hydroxylation is 1. The van der Waals surface area contributed by atoms with Gasteiger partial charge in [-0.15, -0.1) is 0 Å². The van der Waals surface area contributed by atoms with Crippen LogP contribution in [-0.4, -0.2) is 32.6 Å². The largest absolute Gasteiger partial charge is 0.493 e. The topological polar surface area (TPSA) is 72.5 Å². The van der Waals surface area contributed by atoms with Crippen molar-refractivity contribution in [2.24, 2.45) is 5.92 Å². The van der Waals surface area contributed by atoms with Gasteiger partial charge in [0.15, 0.2) is 5.78 Å². The first-order valence-corrected chi connectivity index (χ1v) is 10.4. The molecule has 0 radical (unpaired) electrons. The van der Waals surface area contributed by atoms with E-state index >= 15 is 0 Å². The fourth-order valence-electron chi connectivity index (χ4n) is 3.60. The highest BCUT2D eigenvalue weighted by Gasteiger charge is 2.29. The number of carbonyl (C=O) groups is 1. The van der Waals surface area contributed by atoms with Gasteiger partial charge in [-0.3, -0.25) is 4.79 Å². The predicted molar refractivity (Wildman–Crippen MR) is 92.9 cm³/mol. The van der Waals surface area contributed by atoms with Crippen LogP contribution in [0.1, 0.15) is 54.9 Å². The van der Waals surface area contributed by atoms with Gasteiger partial charge < -0.3 is 4.74 Å². The van der Waals surface area contributed by atoms with Gasteiger partial charge in [0.05, 0.1) is 12.4 Å². The van der Waals surface area contributed by atoms with E-state index in [2.05, 4.69) is 4.72 Å². The molecular formula is C18H25NO4S. The highest BCUT2D eigenvalue weighted by molar-refractivity contribution is 7.89. The second-order valence-electron chi connectivity index (χ2n) is 6.73. The molecule has 0 heterocycles. The summed E-state index contributed by atoms with van der Waals surface area (Å²) in [6.45, 7) is 2.16. The van der Waals surface area contributed by atoms with Crippen LogP contribution in [0, 0.1) is 5.92 Å². The molecule has 6 heteroatoms. The molecule has 2 aliphatic carbocycles. The summed E-state index contributed by atoms with van der Waals surface area (Å²) < 4.78 is 32.5. The molecule has 24 heavy (non-hydrogen) atoms. The van der Waals surface area contributed by atoms with Crippen LogP contribution < -0.4 is 9.46 Å². The third-order valence-corrected chi connectivity index (χ3v) is 6.50. The van der Waals surface area contributed by atoms with Crippen molar-refractivity contribution in [1.82, 2.24) is 4.72 Å². The molecule has 0 spiro atoms. The van der Waals surface area contributed by atoms with E-state index in [0.29, 0.717) is 13.0 Å². The van der Waals surface area contributed by atoms with Crippen molar-refractivity contribution in [3.63, 3.8) is 0 Å². The normalized spacial score (nSPS) is 24.0. The summed E-state index contributed by atoms with van der Waals surface area (Å²) in [6.07, 6.45) is 5.37. The minimum atomic E-state index is -3.19. The van der Waals surface area contributed by atoms with Gasteiger partial charge >= 0.3 is 0 Å². The van der Waals surface area contributed by atoms with Crippen molar-refractivity contribution in [2.75, 3.05) is 12.4 Å². The number of hydrogen-bond acceptors (Lipinski definition) is 4. The van der Waals surface area contributed by atoms with Crippen molar-refractivity contribution < 1.29 is 17.9 Å². The summed E-state index contributed by atoms with van der Waals surface area (Å²) in [5.74, 6) is 1.27. The van der Waals surface area contributed by atoms with E-state index in [1.54, 1.807) is 6.92 Å². The molecule has 0 aromatic heterocycles. The molecule has 0 bridgehead atoms. The maximum absolute atomic E-state index is 11.9. The maximum atomic E-state index is 11.9. The molecule has 1 aromatic carbocycles. The lowest BCUT2D eigenvalue weighted by Crippen LogP contribution is -2.44. The van der Waals surface area contributed by atoms with Crippen molar-refractivity contribution in [3.05, 3.63) is 29.3 Å². The first-order chi connectivity index (χ1) is 11.5. The van der Waals surface area contributed by atoms with Gasteiger partial charge in [-0.1, -0.05) is 12.8 Å². The van der Waals surface area contributed by atoms with Crippen LogP contribution in [0.3, 0.4) is 0 Å². The molecule has 1 fully saturated rings. The van der Waals surface area contributed by atoms with E-state index in [9.17, 15) is 13.2 Å². The van der Waals surface area contributed by atoms with Gasteiger partial charge in [0, 0.05) is 23.9 Å². The standard InChI is InChI=1S/C18H25NO4S/c1-2-24(21,22)19-17-6-4-3-5-14(17)12-23-15-8-9-16-13(11-15)7-10-18(16)20/h8-9,11,14,17,19H,2-7,10,12H2,1H3/t14-,17+/m1/s1. The molecule has 0 saturated heterocycles. The number of ketones is 1. The fraction of sp³-hybridized carbons (Fsp3) is 0.611. The Morgan fingerprint density at radius 3 is 2.79 bits per heavy atom. The Balaban J connectivity index is 1.63. The summed E-state index contributed by atoms with van der Waals surface area (Å²) in [6, 6.07) is 5.60. The first kappa shape index (κ1) is 17.4. The predicted octanol–water partition coefficient (Wildman–Crippen LogP) is 2.69. The Kier molecular flexibility index (Phi) is 5.25. The molecule has 1 N–H and O–H groups in total. The summed E-state index contributed by atoms with van der Waals surface area (Å²) >= 11 is 0. The van der Waals surface area contributed by atoms with Crippen molar-refractivity contribution in [1.29, 1.82) is 0 Å². The van der Waals surface area contributed by atoms with Gasteiger partial charge in [0.1, 0.15) is 5.75 Å². The van der Waals surface area contributed by atoms with E-state index in [1.165, 1.54) is 0 Å². The SMILES string of the molecule is CCS(=O)(=O)N[C@H]1CCCC[C@@H]1COc1ccc2c(c1)CCC2=O. The van der Waals surface area contributed by atoms with Gasteiger partial charge in [0.25, 0.3) is 0 Å². The Hall–Kier alpha value is -1.40. The van der Waals surface area contributed by atoms with Crippen LogP contribution in [0.15, 0.2) is 18.2 Å². The van der Waals surface area contributed by atoms with Crippen LogP contribution in [0.2, 0.25) is 0 Å². The van der Waals surface area contributed by atoms with Gasteiger partial charge in [-0.25, -0.2) is 13.1 Å². The summed E-state index contributed by atoms with van der Waals surface area (Å²) in [5.41, 5.74) is 1.87. The van der Waals surface area contributed by atoms with Crippen LogP contribution in [0.4, 0.5) is 0 Å². The van der Waals surface area contributed by atoms with E-state index < -0.39 is 10.0 Å². The summed E-state index contributed by atoms with van der Waals surface area (Å²) in [4.78, 5) is 11.7. The third-order valence-electron chi connectivity index (χ3n) is 5.08. The summed E-state index contributed by atoms with van der Waals surface area (Å²) in [7, 11) is -3.19. The van der Waals surface area contributed by atoms with E-state index in [0.717, 1.165) is 49.0 Å².